The number of anilines is 2. The molecule has 4 aromatic rings. The topological polar surface area (TPSA) is 64.3 Å². The number of thiophene rings is 1. The van der Waals surface area contributed by atoms with Crippen molar-refractivity contribution in [3.05, 3.63) is 52.1 Å². The number of rotatable bonds is 4. The van der Waals surface area contributed by atoms with Gasteiger partial charge in [0.1, 0.15) is 11.3 Å². The highest BCUT2D eigenvalue weighted by Gasteiger charge is 2.14. The number of hydrogen-bond acceptors (Lipinski definition) is 6. The number of nitrogens with zero attached hydrogens (tertiary/aromatic N) is 4. The van der Waals surface area contributed by atoms with Crippen molar-refractivity contribution in [1.29, 1.82) is 0 Å². The zero-order valence-electron chi connectivity index (χ0n) is 13.5. The number of halogens is 1. The van der Waals surface area contributed by atoms with Crippen LogP contribution in [0.2, 0.25) is 0 Å². The number of fused-ring (bicyclic) bond motifs is 1. The Hall–Kier alpha value is -2.45. The fourth-order valence-electron chi connectivity index (χ4n) is 2.48. The van der Waals surface area contributed by atoms with E-state index < -0.39 is 0 Å². The van der Waals surface area contributed by atoms with E-state index in [0.717, 1.165) is 37.1 Å². The van der Waals surface area contributed by atoms with E-state index in [-0.39, 0.29) is 0 Å². The molecule has 25 heavy (non-hydrogen) atoms. The molecule has 3 aromatic heterocycles. The molecule has 0 fully saturated rings. The Bertz CT molecular complexity index is 1040. The predicted molar refractivity (Wildman–Crippen MR) is 103 cm³/mol. The first-order valence-corrected chi connectivity index (χ1v) is 9.14. The standard InChI is InChI=1S/C17H14BrN5OS/c1-10-13-9-19-17(21-11-3-5-12(24-2)6-4-11)22-23(13)16(20-10)14-7-8-15(18)25-14/h3-9H,1-2H3,(H,21,22). The summed E-state index contributed by atoms with van der Waals surface area (Å²) in [5.41, 5.74) is 2.67. The molecule has 0 unspecified atom stereocenters. The van der Waals surface area contributed by atoms with E-state index in [4.69, 9.17) is 4.74 Å². The molecule has 0 bridgehead atoms. The summed E-state index contributed by atoms with van der Waals surface area (Å²) < 4.78 is 8.06. The molecule has 0 saturated heterocycles. The first-order chi connectivity index (χ1) is 12.1. The molecule has 1 N–H and O–H groups in total. The van der Waals surface area contributed by atoms with Crippen molar-refractivity contribution in [2.45, 2.75) is 6.92 Å². The maximum Gasteiger partial charge on any atom is 0.245 e. The van der Waals surface area contributed by atoms with Gasteiger partial charge in [-0.25, -0.2) is 14.5 Å². The molecule has 3 heterocycles. The van der Waals surface area contributed by atoms with E-state index in [1.54, 1.807) is 24.6 Å². The van der Waals surface area contributed by atoms with Crippen LogP contribution in [0.4, 0.5) is 11.6 Å². The second-order valence-electron chi connectivity index (χ2n) is 5.36. The second-order valence-corrected chi connectivity index (χ2v) is 7.82. The van der Waals surface area contributed by atoms with Gasteiger partial charge in [-0.15, -0.1) is 16.4 Å². The molecule has 0 radical (unpaired) electrons. The summed E-state index contributed by atoms with van der Waals surface area (Å²) >= 11 is 5.12. The Kier molecular flexibility index (Phi) is 4.14. The van der Waals surface area contributed by atoms with Crippen LogP contribution >= 0.6 is 27.3 Å². The van der Waals surface area contributed by atoms with Gasteiger partial charge in [0.2, 0.25) is 5.95 Å². The van der Waals surface area contributed by atoms with Crippen LogP contribution in [0.15, 0.2) is 46.4 Å². The van der Waals surface area contributed by atoms with Gasteiger partial charge in [-0.2, -0.15) is 0 Å². The van der Waals surface area contributed by atoms with E-state index >= 15 is 0 Å². The minimum absolute atomic E-state index is 0.506. The van der Waals surface area contributed by atoms with Crippen molar-refractivity contribution in [2.24, 2.45) is 0 Å². The maximum atomic E-state index is 5.17. The molecule has 1 aromatic carbocycles. The van der Waals surface area contributed by atoms with Gasteiger partial charge in [-0.1, -0.05) is 0 Å². The van der Waals surface area contributed by atoms with E-state index in [0.29, 0.717) is 5.95 Å². The van der Waals surface area contributed by atoms with Gasteiger partial charge < -0.3 is 10.1 Å². The van der Waals surface area contributed by atoms with Crippen LogP contribution < -0.4 is 10.1 Å². The van der Waals surface area contributed by atoms with Gasteiger partial charge in [0.25, 0.3) is 0 Å². The fourth-order valence-corrected chi connectivity index (χ4v) is 3.84. The smallest absolute Gasteiger partial charge is 0.245 e. The quantitative estimate of drug-likeness (QED) is 0.524. The lowest BCUT2D eigenvalue weighted by Crippen LogP contribution is -2.02. The first kappa shape index (κ1) is 16.0. The summed E-state index contributed by atoms with van der Waals surface area (Å²) in [7, 11) is 1.64. The molecule has 0 spiro atoms. The molecule has 0 aliphatic rings. The van der Waals surface area contributed by atoms with Gasteiger partial charge in [0.15, 0.2) is 5.82 Å². The molecule has 6 nitrogen and oxygen atoms in total. The van der Waals surface area contributed by atoms with Crippen molar-refractivity contribution >= 4 is 44.4 Å². The van der Waals surface area contributed by atoms with Crippen molar-refractivity contribution < 1.29 is 4.74 Å². The Morgan fingerprint density at radius 3 is 2.64 bits per heavy atom. The van der Waals surface area contributed by atoms with Crippen LogP contribution in [0.25, 0.3) is 16.2 Å². The van der Waals surface area contributed by atoms with Gasteiger partial charge in [0.05, 0.1) is 27.7 Å². The number of nitrogens with one attached hydrogen (secondary N) is 1. The lowest BCUT2D eigenvalue weighted by molar-refractivity contribution is 0.415. The zero-order valence-corrected chi connectivity index (χ0v) is 15.9. The molecular formula is C17H14BrN5OS. The molecule has 0 aliphatic carbocycles. The maximum absolute atomic E-state index is 5.17. The highest BCUT2D eigenvalue weighted by Crippen LogP contribution is 2.31. The normalized spacial score (nSPS) is 11.0. The summed E-state index contributed by atoms with van der Waals surface area (Å²) in [4.78, 5) is 10.1. The number of aryl methyl sites for hydroxylation is 1. The molecule has 0 amide bonds. The van der Waals surface area contributed by atoms with Crippen molar-refractivity contribution in [3.63, 3.8) is 0 Å². The molecule has 0 atom stereocenters. The average Bonchev–Trinajstić information content (AvgIpc) is 3.19. The summed E-state index contributed by atoms with van der Waals surface area (Å²) in [5.74, 6) is 2.12. The third kappa shape index (κ3) is 3.10. The predicted octanol–water partition coefficient (Wildman–Crippen LogP) is 4.68. The van der Waals surface area contributed by atoms with E-state index in [1.807, 2.05) is 47.8 Å². The Balaban J connectivity index is 1.73. The fraction of sp³-hybridized carbons (Fsp3) is 0.118. The van der Waals surface area contributed by atoms with Crippen molar-refractivity contribution in [2.75, 3.05) is 12.4 Å². The third-order valence-electron chi connectivity index (χ3n) is 3.72. The van der Waals surface area contributed by atoms with Crippen LogP contribution in [0.1, 0.15) is 5.69 Å². The SMILES string of the molecule is COc1ccc(Nc2ncc3c(C)nc(-c4ccc(Br)s4)n3n2)cc1. The monoisotopic (exact) mass is 415 g/mol. The largest absolute Gasteiger partial charge is 0.497 e. The lowest BCUT2D eigenvalue weighted by Gasteiger charge is -2.06. The van der Waals surface area contributed by atoms with Gasteiger partial charge in [-0.05, 0) is 59.3 Å². The minimum Gasteiger partial charge on any atom is -0.497 e. The molecule has 126 valence electrons. The molecule has 0 saturated carbocycles. The van der Waals surface area contributed by atoms with Gasteiger partial charge in [0, 0.05) is 5.69 Å². The number of methoxy groups -OCH3 is 1. The highest BCUT2D eigenvalue weighted by molar-refractivity contribution is 9.11. The van der Waals surface area contributed by atoms with Gasteiger partial charge >= 0.3 is 0 Å². The van der Waals surface area contributed by atoms with Crippen LogP contribution in [-0.4, -0.2) is 26.7 Å². The summed E-state index contributed by atoms with van der Waals surface area (Å²) in [6, 6.07) is 11.6. The van der Waals surface area contributed by atoms with E-state index in [1.165, 1.54) is 0 Å². The minimum atomic E-state index is 0.506. The van der Waals surface area contributed by atoms with E-state index in [2.05, 4.69) is 36.3 Å². The summed E-state index contributed by atoms with van der Waals surface area (Å²) in [5, 5.41) is 7.82. The third-order valence-corrected chi connectivity index (χ3v) is 5.34. The zero-order chi connectivity index (χ0) is 17.4. The van der Waals surface area contributed by atoms with E-state index in [9.17, 15) is 0 Å². The van der Waals surface area contributed by atoms with Crippen LogP contribution in [0.5, 0.6) is 5.75 Å². The molecular weight excluding hydrogens is 402 g/mol. The Labute approximate surface area is 156 Å². The molecule has 8 heteroatoms. The summed E-state index contributed by atoms with van der Waals surface area (Å²) in [6.45, 7) is 1.96. The van der Waals surface area contributed by atoms with Crippen molar-refractivity contribution in [3.8, 4) is 16.5 Å². The number of benzene rings is 1. The summed E-state index contributed by atoms with van der Waals surface area (Å²) in [6.07, 6.45) is 1.79. The lowest BCUT2D eigenvalue weighted by atomic mass is 10.3. The molecule has 0 aliphatic heterocycles. The number of hydrogen-bond donors (Lipinski definition) is 1. The highest BCUT2D eigenvalue weighted by atomic mass is 79.9. The van der Waals surface area contributed by atoms with Crippen LogP contribution in [0.3, 0.4) is 0 Å². The number of ether oxygens (including phenoxy) is 1. The van der Waals surface area contributed by atoms with Crippen molar-refractivity contribution in [1.82, 2.24) is 19.6 Å². The van der Waals surface area contributed by atoms with Gasteiger partial charge in [-0.3, -0.25) is 0 Å². The molecule has 4 rings (SSSR count). The first-order valence-electron chi connectivity index (χ1n) is 7.53. The van der Waals surface area contributed by atoms with Crippen LogP contribution in [-0.2, 0) is 0 Å². The average molecular weight is 416 g/mol. The second kappa shape index (κ2) is 6.45. The number of aromatic nitrogens is 4. The number of imidazole rings is 1. The van der Waals surface area contributed by atoms with Crippen LogP contribution in [0, 0.1) is 6.92 Å². The Morgan fingerprint density at radius 1 is 1.16 bits per heavy atom. The Morgan fingerprint density at radius 2 is 1.96 bits per heavy atom.